The van der Waals surface area contributed by atoms with Crippen molar-refractivity contribution in [3.05, 3.63) is 46.9 Å². The number of carbonyl (C=O) groups is 1. The zero-order valence-corrected chi connectivity index (χ0v) is 13.8. The molecule has 0 fully saturated rings. The largest absolute Gasteiger partial charge is 0.491 e. The third-order valence-electron chi connectivity index (χ3n) is 3.93. The molecule has 2 heterocycles. The highest BCUT2D eigenvalue weighted by Crippen LogP contribution is 2.24. The monoisotopic (exact) mass is 333 g/mol. The van der Waals surface area contributed by atoms with Crippen molar-refractivity contribution in [1.82, 2.24) is 15.2 Å². The second kappa shape index (κ2) is 6.90. The van der Waals surface area contributed by atoms with E-state index in [2.05, 4.69) is 10.3 Å². The first kappa shape index (κ1) is 16.3. The number of hydrogen-bond donors (Lipinski definition) is 1. The van der Waals surface area contributed by atoms with Gasteiger partial charge in [0.25, 0.3) is 0 Å². The van der Waals surface area contributed by atoms with Crippen molar-refractivity contribution < 1.29 is 18.3 Å². The van der Waals surface area contributed by atoms with E-state index in [0.717, 1.165) is 17.0 Å². The Hall–Kier alpha value is -2.57. The van der Waals surface area contributed by atoms with E-state index in [-0.39, 0.29) is 11.8 Å². The molecule has 0 spiro atoms. The molecule has 6 nitrogen and oxygen atoms in total. The fraction of sp³-hybridized carbons (Fsp3) is 0.412. The molecule has 0 atom stereocenters. The van der Waals surface area contributed by atoms with Crippen molar-refractivity contribution in [2.75, 3.05) is 19.7 Å². The Morgan fingerprint density at radius 2 is 2.25 bits per heavy atom. The quantitative estimate of drug-likeness (QED) is 0.937. The maximum atomic E-state index is 13.3. The number of halogens is 1. The van der Waals surface area contributed by atoms with Gasteiger partial charge in [0, 0.05) is 31.5 Å². The van der Waals surface area contributed by atoms with Crippen LogP contribution in [0.5, 0.6) is 5.75 Å². The Balaban J connectivity index is 1.57. The number of ether oxygens (including phenoxy) is 1. The molecule has 1 N–H and O–H groups in total. The van der Waals surface area contributed by atoms with Gasteiger partial charge in [-0.25, -0.2) is 14.2 Å². The summed E-state index contributed by atoms with van der Waals surface area (Å²) in [5, 5.41) is 2.88. The summed E-state index contributed by atoms with van der Waals surface area (Å²) >= 11 is 0. The first-order valence-corrected chi connectivity index (χ1v) is 7.90. The van der Waals surface area contributed by atoms with Crippen LogP contribution in [0.2, 0.25) is 0 Å². The second-order valence-corrected chi connectivity index (χ2v) is 5.74. The lowest BCUT2D eigenvalue weighted by Crippen LogP contribution is -2.41. The highest BCUT2D eigenvalue weighted by molar-refractivity contribution is 5.74. The number of hydrogen-bond acceptors (Lipinski definition) is 4. The molecule has 7 heteroatoms. The highest BCUT2D eigenvalue weighted by Gasteiger charge is 2.20. The molecule has 128 valence electrons. The number of benzene rings is 1. The van der Waals surface area contributed by atoms with Gasteiger partial charge < -0.3 is 19.4 Å². The molecule has 0 aliphatic carbocycles. The molecule has 0 saturated carbocycles. The van der Waals surface area contributed by atoms with Crippen LogP contribution in [-0.4, -0.2) is 35.6 Å². The van der Waals surface area contributed by atoms with Gasteiger partial charge in [0.1, 0.15) is 23.9 Å². The average Bonchev–Trinajstić information content (AvgIpc) is 2.74. The van der Waals surface area contributed by atoms with E-state index < -0.39 is 0 Å². The molecule has 1 aromatic heterocycles. The molecule has 1 aromatic carbocycles. The van der Waals surface area contributed by atoms with E-state index >= 15 is 0 Å². The van der Waals surface area contributed by atoms with Gasteiger partial charge in [-0.1, -0.05) is 6.07 Å². The molecule has 0 bridgehead atoms. The predicted molar refractivity (Wildman–Crippen MR) is 85.4 cm³/mol. The summed E-state index contributed by atoms with van der Waals surface area (Å²) in [5.41, 5.74) is 1.65. The van der Waals surface area contributed by atoms with Crippen LogP contribution in [0, 0.1) is 19.7 Å². The number of nitrogens with zero attached hydrogens (tertiary/aromatic N) is 2. The van der Waals surface area contributed by atoms with Gasteiger partial charge in [0.2, 0.25) is 0 Å². The maximum Gasteiger partial charge on any atom is 0.317 e. The highest BCUT2D eigenvalue weighted by atomic mass is 19.1. The average molecular weight is 333 g/mol. The maximum absolute atomic E-state index is 13.3. The number of urea groups is 1. The van der Waals surface area contributed by atoms with Gasteiger partial charge in [0.05, 0.1) is 18.8 Å². The molecule has 2 amide bonds. The van der Waals surface area contributed by atoms with Gasteiger partial charge in [-0.2, -0.15) is 0 Å². The smallest absolute Gasteiger partial charge is 0.317 e. The van der Waals surface area contributed by atoms with Gasteiger partial charge in [-0.15, -0.1) is 0 Å². The zero-order chi connectivity index (χ0) is 17.1. The standard InChI is InChI=1S/C17H20FN3O3/c1-11-15(20-12(2)24-11)5-6-19-17(22)21-7-8-23-16-9-14(18)4-3-13(16)10-21/h3-4,9H,5-8,10H2,1-2H3,(H,19,22). The summed E-state index contributed by atoms with van der Waals surface area (Å²) in [6, 6.07) is 4.21. The Bertz CT molecular complexity index is 745. The molecule has 0 saturated heterocycles. The van der Waals surface area contributed by atoms with Crippen molar-refractivity contribution in [1.29, 1.82) is 0 Å². The fourth-order valence-electron chi connectivity index (χ4n) is 2.72. The third kappa shape index (κ3) is 3.67. The Morgan fingerprint density at radius 3 is 3.00 bits per heavy atom. The topological polar surface area (TPSA) is 67.6 Å². The molecule has 1 aliphatic heterocycles. The van der Waals surface area contributed by atoms with Crippen LogP contribution in [0.4, 0.5) is 9.18 Å². The van der Waals surface area contributed by atoms with Crippen LogP contribution in [0.3, 0.4) is 0 Å². The summed E-state index contributed by atoms with van der Waals surface area (Å²) in [4.78, 5) is 18.3. The number of carbonyl (C=O) groups excluding carboxylic acids is 1. The molecule has 3 rings (SSSR count). The van der Waals surface area contributed by atoms with Crippen molar-refractivity contribution in [3.63, 3.8) is 0 Å². The van der Waals surface area contributed by atoms with E-state index in [9.17, 15) is 9.18 Å². The number of nitrogens with one attached hydrogen (secondary N) is 1. The normalized spacial score (nSPS) is 13.9. The lowest BCUT2D eigenvalue weighted by molar-refractivity contribution is 0.188. The zero-order valence-electron chi connectivity index (χ0n) is 13.8. The molecule has 0 unspecified atom stereocenters. The lowest BCUT2D eigenvalue weighted by atomic mass is 10.2. The molecular weight excluding hydrogens is 313 g/mol. The van der Waals surface area contributed by atoms with Crippen LogP contribution in [0.1, 0.15) is 22.9 Å². The van der Waals surface area contributed by atoms with Gasteiger partial charge >= 0.3 is 6.03 Å². The minimum atomic E-state index is -0.343. The molecule has 24 heavy (non-hydrogen) atoms. The number of aryl methyl sites for hydroxylation is 2. The van der Waals surface area contributed by atoms with Crippen LogP contribution >= 0.6 is 0 Å². The van der Waals surface area contributed by atoms with Crippen LogP contribution in [0.15, 0.2) is 22.6 Å². The predicted octanol–water partition coefficient (Wildman–Crippen LogP) is 2.58. The third-order valence-corrected chi connectivity index (χ3v) is 3.93. The van der Waals surface area contributed by atoms with E-state index in [1.54, 1.807) is 17.9 Å². The summed E-state index contributed by atoms with van der Waals surface area (Å²) < 4.78 is 24.1. The van der Waals surface area contributed by atoms with E-state index in [0.29, 0.717) is 44.3 Å². The summed E-state index contributed by atoms with van der Waals surface area (Å²) in [7, 11) is 0. The van der Waals surface area contributed by atoms with Gasteiger partial charge in [-0.05, 0) is 13.0 Å². The number of oxazole rings is 1. The Labute approximate surface area is 139 Å². The van der Waals surface area contributed by atoms with E-state index in [1.807, 2.05) is 6.92 Å². The molecule has 2 aromatic rings. The lowest BCUT2D eigenvalue weighted by Gasteiger charge is -2.20. The molecule has 1 aliphatic rings. The molecule has 0 radical (unpaired) electrons. The van der Waals surface area contributed by atoms with Crippen LogP contribution in [-0.2, 0) is 13.0 Å². The fourth-order valence-corrected chi connectivity index (χ4v) is 2.72. The van der Waals surface area contributed by atoms with E-state index in [4.69, 9.17) is 9.15 Å². The van der Waals surface area contributed by atoms with Gasteiger partial charge in [0.15, 0.2) is 5.89 Å². The number of amides is 2. The van der Waals surface area contributed by atoms with Crippen molar-refractivity contribution in [2.45, 2.75) is 26.8 Å². The van der Waals surface area contributed by atoms with E-state index in [1.165, 1.54) is 12.1 Å². The second-order valence-electron chi connectivity index (χ2n) is 5.74. The summed E-state index contributed by atoms with van der Waals surface area (Å²) in [5.74, 6) is 1.56. The minimum Gasteiger partial charge on any atom is -0.491 e. The van der Waals surface area contributed by atoms with Crippen molar-refractivity contribution in [2.24, 2.45) is 0 Å². The van der Waals surface area contributed by atoms with Crippen LogP contribution < -0.4 is 10.1 Å². The molecular formula is C17H20FN3O3. The number of rotatable bonds is 3. The van der Waals surface area contributed by atoms with Crippen molar-refractivity contribution >= 4 is 6.03 Å². The number of fused-ring (bicyclic) bond motifs is 1. The first-order valence-electron chi connectivity index (χ1n) is 7.90. The Morgan fingerprint density at radius 1 is 1.42 bits per heavy atom. The first-order chi connectivity index (χ1) is 11.5. The number of aromatic nitrogens is 1. The van der Waals surface area contributed by atoms with Gasteiger partial charge in [-0.3, -0.25) is 0 Å². The summed E-state index contributed by atoms with van der Waals surface area (Å²) in [6.07, 6.45) is 0.612. The van der Waals surface area contributed by atoms with Crippen molar-refractivity contribution in [3.8, 4) is 5.75 Å². The SMILES string of the molecule is Cc1nc(CCNC(=O)N2CCOc3cc(F)ccc3C2)c(C)o1. The Kier molecular flexibility index (Phi) is 4.69. The summed E-state index contributed by atoms with van der Waals surface area (Å²) in [6.45, 7) is 5.31. The minimum absolute atomic E-state index is 0.173. The van der Waals surface area contributed by atoms with Crippen LogP contribution in [0.25, 0.3) is 0 Å².